The Hall–Kier alpha value is -1.49. The lowest BCUT2D eigenvalue weighted by Gasteiger charge is -2.14. The standard InChI is InChI=1S/C14H17NO3S/c16-12-6-4-11(5-7-12)14(19-10-13(17)18)15-8-2-1-3-9-15/h4-7H,1-3,8-10H2,(H,17,18)/p+1. The van der Waals surface area contributed by atoms with E-state index in [1.807, 2.05) is 12.1 Å². The zero-order chi connectivity index (χ0) is 13.7. The molecule has 1 aliphatic rings. The first-order valence-corrected chi connectivity index (χ1v) is 7.41. The van der Waals surface area contributed by atoms with Crippen LogP contribution in [0.5, 0.6) is 5.75 Å². The number of carboxylic acids is 1. The van der Waals surface area contributed by atoms with Crippen LogP contribution in [0.2, 0.25) is 0 Å². The van der Waals surface area contributed by atoms with Crippen molar-refractivity contribution >= 4 is 22.8 Å². The number of phenols is 1. The van der Waals surface area contributed by atoms with Gasteiger partial charge in [0.25, 0.3) is 0 Å². The normalized spacial score (nSPS) is 15.3. The molecule has 19 heavy (non-hydrogen) atoms. The molecule has 1 fully saturated rings. The zero-order valence-electron chi connectivity index (χ0n) is 10.7. The molecule has 2 rings (SSSR count). The van der Waals surface area contributed by atoms with Crippen molar-refractivity contribution in [1.29, 1.82) is 0 Å². The molecule has 0 radical (unpaired) electrons. The second-order valence-corrected chi connectivity index (χ2v) is 5.55. The van der Waals surface area contributed by atoms with Gasteiger partial charge in [0, 0.05) is 12.8 Å². The van der Waals surface area contributed by atoms with Crippen molar-refractivity contribution in [2.75, 3.05) is 18.8 Å². The SMILES string of the molecule is O=C(O)CSC(c1ccc(O)cc1)=[N+]1CCCCC1. The number of piperidine rings is 1. The van der Waals surface area contributed by atoms with Gasteiger partial charge in [-0.15, -0.1) is 0 Å². The Morgan fingerprint density at radius 1 is 1.16 bits per heavy atom. The Morgan fingerprint density at radius 2 is 1.79 bits per heavy atom. The quantitative estimate of drug-likeness (QED) is 0.658. The van der Waals surface area contributed by atoms with Crippen LogP contribution in [0.1, 0.15) is 24.8 Å². The van der Waals surface area contributed by atoms with Crippen LogP contribution in [0, 0.1) is 0 Å². The van der Waals surface area contributed by atoms with Crippen LogP contribution < -0.4 is 0 Å². The molecular weight excluding hydrogens is 262 g/mol. The van der Waals surface area contributed by atoms with E-state index in [2.05, 4.69) is 4.58 Å². The van der Waals surface area contributed by atoms with Gasteiger partial charge in [0.1, 0.15) is 24.6 Å². The molecule has 2 N–H and O–H groups in total. The Kier molecular flexibility index (Phi) is 4.85. The molecular formula is C14H18NO3S+. The number of nitrogens with zero attached hydrogens (tertiary/aromatic N) is 1. The third-order valence-corrected chi connectivity index (χ3v) is 4.25. The summed E-state index contributed by atoms with van der Waals surface area (Å²) >= 11 is 1.36. The number of carboxylic acid groups (broad SMARTS) is 1. The van der Waals surface area contributed by atoms with Gasteiger partial charge in [0.2, 0.25) is 5.04 Å². The van der Waals surface area contributed by atoms with Crippen LogP contribution in [0.4, 0.5) is 0 Å². The van der Waals surface area contributed by atoms with E-state index in [4.69, 9.17) is 5.11 Å². The maximum atomic E-state index is 10.8. The number of rotatable bonds is 3. The first-order valence-electron chi connectivity index (χ1n) is 6.43. The molecule has 0 unspecified atom stereocenters. The van der Waals surface area contributed by atoms with Crippen LogP contribution >= 0.6 is 11.8 Å². The van der Waals surface area contributed by atoms with Crippen molar-refractivity contribution in [2.45, 2.75) is 19.3 Å². The fourth-order valence-electron chi connectivity index (χ4n) is 2.19. The number of aliphatic carboxylic acids is 1. The maximum Gasteiger partial charge on any atom is 0.314 e. The first kappa shape index (κ1) is 13.9. The Bertz CT molecular complexity index is 474. The molecule has 4 nitrogen and oxygen atoms in total. The fourth-order valence-corrected chi connectivity index (χ4v) is 3.12. The van der Waals surface area contributed by atoms with Gasteiger partial charge in [-0.25, -0.2) is 4.58 Å². The van der Waals surface area contributed by atoms with Crippen LogP contribution in [-0.4, -0.2) is 44.6 Å². The highest BCUT2D eigenvalue weighted by Gasteiger charge is 2.21. The van der Waals surface area contributed by atoms with E-state index < -0.39 is 5.97 Å². The van der Waals surface area contributed by atoms with Crippen LogP contribution in [0.15, 0.2) is 24.3 Å². The average molecular weight is 280 g/mol. The second kappa shape index (κ2) is 6.61. The minimum absolute atomic E-state index is 0.0622. The fraction of sp³-hybridized carbons (Fsp3) is 0.429. The molecule has 1 aliphatic heterocycles. The lowest BCUT2D eigenvalue weighted by Crippen LogP contribution is -2.26. The van der Waals surface area contributed by atoms with Crippen molar-refractivity contribution in [2.24, 2.45) is 0 Å². The Morgan fingerprint density at radius 3 is 2.37 bits per heavy atom. The molecule has 1 aromatic carbocycles. The molecule has 0 aromatic heterocycles. The van der Waals surface area contributed by atoms with Gasteiger partial charge in [-0.2, -0.15) is 0 Å². The van der Waals surface area contributed by atoms with Gasteiger partial charge in [0.05, 0.1) is 5.56 Å². The molecule has 0 atom stereocenters. The Labute approximate surface area is 116 Å². The van der Waals surface area contributed by atoms with Crippen molar-refractivity contribution in [3.8, 4) is 5.75 Å². The number of aromatic hydroxyl groups is 1. The molecule has 0 amide bonds. The van der Waals surface area contributed by atoms with Crippen LogP contribution in [-0.2, 0) is 4.79 Å². The van der Waals surface area contributed by atoms with E-state index in [-0.39, 0.29) is 11.5 Å². The largest absolute Gasteiger partial charge is 0.508 e. The summed E-state index contributed by atoms with van der Waals surface area (Å²) in [4.78, 5) is 10.8. The summed E-state index contributed by atoms with van der Waals surface area (Å²) in [6.45, 7) is 1.95. The van der Waals surface area contributed by atoms with Crippen molar-refractivity contribution in [3.05, 3.63) is 29.8 Å². The van der Waals surface area contributed by atoms with Crippen molar-refractivity contribution < 1.29 is 19.6 Å². The molecule has 0 spiro atoms. The van der Waals surface area contributed by atoms with Gasteiger partial charge in [-0.3, -0.25) is 4.79 Å². The second-order valence-electron chi connectivity index (χ2n) is 4.58. The van der Waals surface area contributed by atoms with Crippen molar-refractivity contribution in [3.63, 3.8) is 0 Å². The van der Waals surface area contributed by atoms with Gasteiger partial charge < -0.3 is 10.2 Å². The lowest BCUT2D eigenvalue weighted by atomic mass is 10.1. The van der Waals surface area contributed by atoms with Gasteiger partial charge in [0.15, 0.2) is 0 Å². The number of benzene rings is 1. The molecule has 0 aliphatic carbocycles. The van der Waals surface area contributed by atoms with E-state index in [1.165, 1.54) is 18.2 Å². The summed E-state index contributed by atoms with van der Waals surface area (Å²) in [7, 11) is 0. The molecule has 0 bridgehead atoms. The first-order chi connectivity index (χ1) is 9.16. The van der Waals surface area contributed by atoms with Crippen LogP contribution in [0.3, 0.4) is 0 Å². The van der Waals surface area contributed by atoms with E-state index in [0.717, 1.165) is 36.5 Å². The number of hydrogen-bond donors (Lipinski definition) is 2. The topological polar surface area (TPSA) is 60.5 Å². The highest BCUT2D eigenvalue weighted by molar-refractivity contribution is 8.14. The van der Waals surface area contributed by atoms with Crippen LogP contribution in [0.25, 0.3) is 0 Å². The minimum atomic E-state index is -0.807. The van der Waals surface area contributed by atoms with Gasteiger partial charge in [-0.05, 0) is 42.4 Å². The van der Waals surface area contributed by atoms with Gasteiger partial charge >= 0.3 is 5.97 Å². The monoisotopic (exact) mass is 280 g/mol. The minimum Gasteiger partial charge on any atom is -0.508 e. The summed E-state index contributed by atoms with van der Waals surface area (Å²) in [5, 5.41) is 19.2. The number of phenolic OH excluding ortho intramolecular Hbond substituents is 1. The number of hydrogen-bond acceptors (Lipinski definition) is 3. The van der Waals surface area contributed by atoms with Crippen molar-refractivity contribution in [1.82, 2.24) is 0 Å². The summed E-state index contributed by atoms with van der Waals surface area (Å²) in [6, 6.07) is 6.96. The van der Waals surface area contributed by atoms with E-state index in [1.54, 1.807) is 12.1 Å². The van der Waals surface area contributed by atoms with Gasteiger partial charge in [-0.1, -0.05) is 0 Å². The highest BCUT2D eigenvalue weighted by atomic mass is 32.2. The maximum absolute atomic E-state index is 10.8. The third-order valence-electron chi connectivity index (χ3n) is 3.09. The smallest absolute Gasteiger partial charge is 0.314 e. The van der Waals surface area contributed by atoms with E-state index >= 15 is 0 Å². The predicted octanol–water partition coefficient (Wildman–Crippen LogP) is 2.15. The molecule has 102 valence electrons. The molecule has 1 saturated heterocycles. The summed E-state index contributed by atoms with van der Waals surface area (Å²) < 4.78 is 2.25. The summed E-state index contributed by atoms with van der Waals surface area (Å²) in [6.07, 6.45) is 3.54. The predicted molar refractivity (Wildman–Crippen MR) is 76.2 cm³/mol. The molecule has 5 heteroatoms. The van der Waals surface area contributed by atoms with E-state index in [0.29, 0.717) is 0 Å². The average Bonchev–Trinajstić information content (AvgIpc) is 2.42. The lowest BCUT2D eigenvalue weighted by molar-refractivity contribution is -0.534. The zero-order valence-corrected chi connectivity index (χ0v) is 11.5. The molecule has 1 heterocycles. The third kappa shape index (κ3) is 3.99. The number of carbonyl (C=O) groups is 1. The molecule has 0 saturated carbocycles. The highest BCUT2D eigenvalue weighted by Crippen LogP contribution is 2.19. The Balaban J connectivity index is 2.27. The molecule has 1 aromatic rings. The summed E-state index contributed by atoms with van der Waals surface area (Å²) in [5.74, 6) is -0.518. The van der Waals surface area contributed by atoms with E-state index in [9.17, 15) is 9.90 Å². The summed E-state index contributed by atoms with van der Waals surface area (Å²) in [5.41, 5.74) is 0.978. The number of thioether (sulfide) groups is 1.